The first kappa shape index (κ1) is 12.4. The predicted molar refractivity (Wildman–Crippen MR) is 58.4 cm³/mol. The van der Waals surface area contributed by atoms with Gasteiger partial charge >= 0.3 is 6.18 Å². The molecule has 0 spiro atoms. The molecule has 0 bridgehead atoms. The van der Waals surface area contributed by atoms with Crippen molar-refractivity contribution in [2.45, 2.75) is 32.5 Å². The Labute approximate surface area is 98.6 Å². The zero-order chi connectivity index (χ0) is 12.5. The Morgan fingerprint density at radius 1 is 1.18 bits per heavy atom. The molecule has 1 aliphatic carbocycles. The fraction of sp³-hybridized carbons (Fsp3) is 0.538. The van der Waals surface area contributed by atoms with Crippen LogP contribution in [0, 0.1) is 5.41 Å². The van der Waals surface area contributed by atoms with E-state index in [4.69, 9.17) is 4.74 Å². The molecule has 0 amide bonds. The Morgan fingerprint density at radius 2 is 1.76 bits per heavy atom. The average molecular weight is 244 g/mol. The number of halogens is 3. The van der Waals surface area contributed by atoms with Gasteiger partial charge in [0.2, 0.25) is 0 Å². The monoisotopic (exact) mass is 244 g/mol. The van der Waals surface area contributed by atoms with Gasteiger partial charge in [0, 0.05) is 0 Å². The van der Waals surface area contributed by atoms with Crippen LogP contribution in [0.15, 0.2) is 24.3 Å². The summed E-state index contributed by atoms with van der Waals surface area (Å²) in [4.78, 5) is 0. The molecule has 0 unspecified atom stereocenters. The Kier molecular flexibility index (Phi) is 3.17. The summed E-state index contributed by atoms with van der Waals surface area (Å²) in [6, 6.07) is 5.13. The lowest BCUT2D eigenvalue weighted by atomic mass is 10.1. The Hall–Kier alpha value is -1.03. The molecule has 1 saturated carbocycles. The van der Waals surface area contributed by atoms with Gasteiger partial charge in [-0.05, 0) is 36.0 Å². The van der Waals surface area contributed by atoms with Crippen molar-refractivity contribution in [2.24, 2.45) is 5.41 Å². The highest BCUT2D eigenvalue weighted by Gasteiger charge is 2.37. The second-order valence-electron chi connectivity index (χ2n) is 5.00. The molecule has 0 heterocycles. The molecule has 4 heteroatoms. The molecule has 0 saturated heterocycles. The van der Waals surface area contributed by atoms with Gasteiger partial charge in [0.15, 0.2) is 0 Å². The highest BCUT2D eigenvalue weighted by atomic mass is 19.4. The minimum absolute atomic E-state index is 0.311. The summed E-state index contributed by atoms with van der Waals surface area (Å²) in [6.45, 7) is 3.22. The zero-order valence-corrected chi connectivity index (χ0v) is 9.68. The maximum absolute atomic E-state index is 12.3. The van der Waals surface area contributed by atoms with E-state index >= 15 is 0 Å². The number of rotatable bonds is 4. The summed E-state index contributed by atoms with van der Waals surface area (Å²) in [5.41, 5.74) is 0.476. The Morgan fingerprint density at radius 3 is 2.24 bits per heavy atom. The van der Waals surface area contributed by atoms with E-state index in [0.717, 1.165) is 17.7 Å². The highest BCUT2D eigenvalue weighted by Crippen LogP contribution is 2.45. The molecule has 2 rings (SSSR count). The molecular formula is C13H15F3O. The molecule has 1 aromatic rings. The number of benzene rings is 1. The lowest BCUT2D eigenvalue weighted by Crippen LogP contribution is -2.07. The Balaban J connectivity index is 1.85. The summed E-state index contributed by atoms with van der Waals surface area (Å²) in [5.74, 6) is 0. The van der Waals surface area contributed by atoms with Gasteiger partial charge < -0.3 is 4.74 Å². The minimum atomic E-state index is -4.26. The summed E-state index contributed by atoms with van der Waals surface area (Å²) in [7, 11) is 0. The van der Waals surface area contributed by atoms with E-state index in [1.807, 2.05) is 0 Å². The maximum Gasteiger partial charge on any atom is 0.416 e. The summed E-state index contributed by atoms with van der Waals surface area (Å²) >= 11 is 0. The summed E-state index contributed by atoms with van der Waals surface area (Å²) < 4.78 is 42.4. The highest BCUT2D eigenvalue weighted by molar-refractivity contribution is 5.24. The lowest BCUT2D eigenvalue weighted by molar-refractivity contribution is -0.137. The molecule has 17 heavy (non-hydrogen) atoms. The van der Waals surface area contributed by atoms with Gasteiger partial charge in [0.05, 0.1) is 18.8 Å². The Bertz CT molecular complexity index is 377. The molecule has 0 radical (unpaired) electrons. The third kappa shape index (κ3) is 3.46. The average Bonchev–Trinajstić information content (AvgIpc) is 2.96. The molecule has 0 N–H and O–H groups in total. The summed E-state index contributed by atoms with van der Waals surface area (Å²) in [5, 5.41) is 0. The molecule has 0 atom stereocenters. The maximum atomic E-state index is 12.3. The number of hydrogen-bond donors (Lipinski definition) is 0. The molecule has 1 fully saturated rings. The van der Waals surface area contributed by atoms with Crippen LogP contribution in [0.2, 0.25) is 0 Å². The third-order valence-electron chi connectivity index (χ3n) is 3.10. The van der Waals surface area contributed by atoms with Crippen LogP contribution in [0.25, 0.3) is 0 Å². The van der Waals surface area contributed by atoms with E-state index in [1.54, 1.807) is 0 Å². The summed E-state index contributed by atoms with van der Waals surface area (Å²) in [6.07, 6.45) is -1.90. The number of hydrogen-bond acceptors (Lipinski definition) is 1. The minimum Gasteiger partial charge on any atom is -0.376 e. The fourth-order valence-corrected chi connectivity index (χ4v) is 1.56. The SMILES string of the molecule is CC1(COCc2ccc(C(F)(F)F)cc2)CC1. The van der Waals surface area contributed by atoms with Crippen molar-refractivity contribution in [3.05, 3.63) is 35.4 Å². The van der Waals surface area contributed by atoms with Gasteiger partial charge in [-0.2, -0.15) is 13.2 Å². The zero-order valence-electron chi connectivity index (χ0n) is 9.68. The largest absolute Gasteiger partial charge is 0.416 e. The fourth-order valence-electron chi connectivity index (χ4n) is 1.56. The smallest absolute Gasteiger partial charge is 0.376 e. The van der Waals surface area contributed by atoms with Gasteiger partial charge in [-0.15, -0.1) is 0 Å². The van der Waals surface area contributed by atoms with E-state index in [9.17, 15) is 13.2 Å². The van der Waals surface area contributed by atoms with E-state index < -0.39 is 11.7 Å². The van der Waals surface area contributed by atoms with Crippen LogP contribution >= 0.6 is 0 Å². The van der Waals surface area contributed by atoms with E-state index in [1.165, 1.54) is 25.0 Å². The van der Waals surface area contributed by atoms with Gasteiger partial charge in [0.25, 0.3) is 0 Å². The van der Waals surface area contributed by atoms with Crippen molar-refractivity contribution in [1.29, 1.82) is 0 Å². The standard InChI is InChI=1S/C13H15F3O/c1-12(6-7-12)9-17-8-10-2-4-11(5-3-10)13(14,15)16/h2-5H,6-9H2,1H3. The topological polar surface area (TPSA) is 9.23 Å². The van der Waals surface area contributed by atoms with Crippen molar-refractivity contribution in [3.8, 4) is 0 Å². The van der Waals surface area contributed by atoms with Crippen LogP contribution in [-0.2, 0) is 17.5 Å². The van der Waals surface area contributed by atoms with E-state index in [-0.39, 0.29) is 0 Å². The van der Waals surface area contributed by atoms with Crippen LogP contribution in [0.3, 0.4) is 0 Å². The first-order chi connectivity index (χ1) is 7.89. The molecular weight excluding hydrogens is 229 g/mol. The van der Waals surface area contributed by atoms with Crippen molar-refractivity contribution in [1.82, 2.24) is 0 Å². The van der Waals surface area contributed by atoms with Crippen LogP contribution in [0.1, 0.15) is 30.9 Å². The van der Waals surface area contributed by atoms with Crippen LogP contribution in [-0.4, -0.2) is 6.61 Å². The van der Waals surface area contributed by atoms with Gasteiger partial charge in [0.1, 0.15) is 0 Å². The number of ether oxygens (including phenoxy) is 1. The molecule has 1 aliphatic rings. The van der Waals surface area contributed by atoms with E-state index in [2.05, 4.69) is 6.92 Å². The molecule has 0 aromatic heterocycles. The first-order valence-electron chi connectivity index (χ1n) is 5.63. The molecule has 94 valence electrons. The van der Waals surface area contributed by atoms with Crippen LogP contribution in [0.4, 0.5) is 13.2 Å². The first-order valence-corrected chi connectivity index (χ1v) is 5.63. The lowest BCUT2D eigenvalue weighted by Gasteiger charge is -2.10. The normalized spacial score (nSPS) is 18.1. The van der Waals surface area contributed by atoms with Crippen LogP contribution in [0.5, 0.6) is 0 Å². The number of alkyl halides is 3. The second kappa shape index (κ2) is 4.33. The van der Waals surface area contributed by atoms with Crippen molar-refractivity contribution >= 4 is 0 Å². The predicted octanol–water partition coefficient (Wildman–Crippen LogP) is 4.02. The van der Waals surface area contributed by atoms with Crippen LogP contribution < -0.4 is 0 Å². The van der Waals surface area contributed by atoms with Gasteiger partial charge in [-0.1, -0.05) is 19.1 Å². The van der Waals surface area contributed by atoms with Crippen molar-refractivity contribution in [3.63, 3.8) is 0 Å². The molecule has 1 nitrogen and oxygen atoms in total. The third-order valence-corrected chi connectivity index (χ3v) is 3.10. The molecule has 0 aliphatic heterocycles. The van der Waals surface area contributed by atoms with Gasteiger partial charge in [-0.25, -0.2) is 0 Å². The quantitative estimate of drug-likeness (QED) is 0.777. The second-order valence-corrected chi connectivity index (χ2v) is 5.00. The molecule has 1 aromatic carbocycles. The van der Waals surface area contributed by atoms with Crippen molar-refractivity contribution < 1.29 is 17.9 Å². The van der Waals surface area contributed by atoms with E-state index in [0.29, 0.717) is 18.6 Å². The van der Waals surface area contributed by atoms with Crippen molar-refractivity contribution in [2.75, 3.05) is 6.61 Å². The van der Waals surface area contributed by atoms with Gasteiger partial charge in [-0.3, -0.25) is 0 Å².